The largest absolute Gasteiger partial charge is 0.349 e. The van der Waals surface area contributed by atoms with Gasteiger partial charge < -0.3 is 9.88 Å². The van der Waals surface area contributed by atoms with Crippen molar-refractivity contribution in [2.75, 3.05) is 6.54 Å². The molecule has 0 unspecified atom stereocenters. The highest BCUT2D eigenvalue weighted by molar-refractivity contribution is 6.00. The smallest absolute Gasteiger partial charge is 0.268 e. The summed E-state index contributed by atoms with van der Waals surface area (Å²) in [5.41, 5.74) is 3.64. The van der Waals surface area contributed by atoms with Gasteiger partial charge in [0.2, 0.25) is 0 Å². The molecule has 1 aromatic heterocycles. The molecule has 3 rings (SSSR count). The Morgan fingerprint density at radius 1 is 1.40 bits per heavy atom. The summed E-state index contributed by atoms with van der Waals surface area (Å²) in [6.45, 7) is 5.79. The van der Waals surface area contributed by atoms with E-state index in [9.17, 15) is 10.1 Å². The van der Waals surface area contributed by atoms with Crippen LogP contribution in [0.5, 0.6) is 0 Å². The molecule has 1 N–H and O–H groups in total. The van der Waals surface area contributed by atoms with Crippen LogP contribution in [0, 0.1) is 17.2 Å². The second-order valence-electron chi connectivity index (χ2n) is 5.72. The molecular formula is C16H17N3O. The molecule has 2 aromatic rings. The number of benzene rings is 1. The van der Waals surface area contributed by atoms with Gasteiger partial charge in [0.1, 0.15) is 5.69 Å². The van der Waals surface area contributed by atoms with Gasteiger partial charge in [-0.3, -0.25) is 4.79 Å². The van der Waals surface area contributed by atoms with Crippen LogP contribution in [0.1, 0.15) is 35.5 Å². The number of rotatable bonds is 2. The van der Waals surface area contributed by atoms with Crippen molar-refractivity contribution in [2.45, 2.75) is 26.8 Å². The summed E-state index contributed by atoms with van der Waals surface area (Å²) in [5.74, 6) is 0.483. The van der Waals surface area contributed by atoms with Crippen molar-refractivity contribution in [3.8, 4) is 6.07 Å². The minimum atomic E-state index is -0.0264. The van der Waals surface area contributed by atoms with Gasteiger partial charge in [-0.05, 0) is 36.1 Å². The zero-order valence-corrected chi connectivity index (χ0v) is 11.7. The van der Waals surface area contributed by atoms with Crippen molar-refractivity contribution in [1.82, 2.24) is 9.88 Å². The van der Waals surface area contributed by atoms with E-state index < -0.39 is 0 Å². The summed E-state index contributed by atoms with van der Waals surface area (Å²) in [6, 6.07) is 7.95. The topological polar surface area (TPSA) is 57.8 Å². The molecule has 1 aliphatic rings. The first-order valence-corrected chi connectivity index (χ1v) is 6.94. The normalized spacial score (nSPS) is 14.2. The van der Waals surface area contributed by atoms with E-state index in [0.29, 0.717) is 23.7 Å². The monoisotopic (exact) mass is 267 g/mol. The number of hydrogen-bond acceptors (Lipinski definition) is 2. The van der Waals surface area contributed by atoms with Gasteiger partial charge in [0, 0.05) is 18.5 Å². The molecular weight excluding hydrogens is 250 g/mol. The molecule has 2 heterocycles. The fourth-order valence-electron chi connectivity index (χ4n) is 2.96. The van der Waals surface area contributed by atoms with E-state index in [1.54, 1.807) is 0 Å². The van der Waals surface area contributed by atoms with Crippen molar-refractivity contribution >= 4 is 16.8 Å². The first-order chi connectivity index (χ1) is 9.60. The van der Waals surface area contributed by atoms with Gasteiger partial charge in [0.25, 0.3) is 5.91 Å². The lowest BCUT2D eigenvalue weighted by Crippen LogP contribution is -2.35. The number of nitriles is 1. The highest BCUT2D eigenvalue weighted by Crippen LogP contribution is 2.28. The van der Waals surface area contributed by atoms with E-state index in [4.69, 9.17) is 0 Å². The summed E-state index contributed by atoms with van der Waals surface area (Å²) in [4.78, 5) is 11.9. The van der Waals surface area contributed by atoms with Crippen molar-refractivity contribution < 1.29 is 4.79 Å². The second kappa shape index (κ2) is 4.68. The maximum Gasteiger partial charge on any atom is 0.268 e. The zero-order chi connectivity index (χ0) is 14.3. The van der Waals surface area contributed by atoms with Crippen molar-refractivity contribution in [1.29, 1.82) is 5.26 Å². The van der Waals surface area contributed by atoms with Gasteiger partial charge in [0.05, 0.1) is 17.1 Å². The molecule has 20 heavy (non-hydrogen) atoms. The molecule has 1 aliphatic heterocycles. The first-order valence-electron chi connectivity index (χ1n) is 6.94. The van der Waals surface area contributed by atoms with Gasteiger partial charge >= 0.3 is 0 Å². The molecule has 1 amide bonds. The van der Waals surface area contributed by atoms with E-state index in [-0.39, 0.29) is 5.91 Å². The van der Waals surface area contributed by atoms with E-state index in [0.717, 1.165) is 29.4 Å². The Labute approximate surface area is 118 Å². The number of amides is 1. The molecule has 0 saturated carbocycles. The molecule has 0 saturated heterocycles. The predicted molar refractivity (Wildman–Crippen MR) is 77.5 cm³/mol. The van der Waals surface area contributed by atoms with Crippen LogP contribution in [-0.2, 0) is 13.0 Å². The molecule has 0 fully saturated rings. The van der Waals surface area contributed by atoms with Crippen LogP contribution >= 0.6 is 0 Å². The van der Waals surface area contributed by atoms with Gasteiger partial charge in [-0.1, -0.05) is 13.8 Å². The maximum absolute atomic E-state index is 11.9. The summed E-state index contributed by atoms with van der Waals surface area (Å²) < 4.78 is 2.09. The Bertz CT molecular complexity index is 734. The Hall–Kier alpha value is -2.28. The van der Waals surface area contributed by atoms with Crippen LogP contribution in [0.25, 0.3) is 10.9 Å². The van der Waals surface area contributed by atoms with Crippen LogP contribution in [0.4, 0.5) is 0 Å². The fourth-order valence-corrected chi connectivity index (χ4v) is 2.96. The molecule has 1 aromatic carbocycles. The minimum absolute atomic E-state index is 0.0264. The van der Waals surface area contributed by atoms with E-state index >= 15 is 0 Å². The van der Waals surface area contributed by atoms with Crippen molar-refractivity contribution in [3.05, 3.63) is 35.0 Å². The van der Waals surface area contributed by atoms with Crippen molar-refractivity contribution in [2.24, 2.45) is 5.92 Å². The average Bonchev–Trinajstić information content (AvgIpc) is 2.78. The standard InChI is InChI=1S/C16H17N3O/c1-10(2)5-12-6-11(9-17)7-13-8-14-16(20)18-3-4-19(14)15(12)13/h6-8,10H,3-5H2,1-2H3,(H,18,20). The number of nitrogens with zero attached hydrogens (tertiary/aromatic N) is 2. The first kappa shape index (κ1) is 12.7. The van der Waals surface area contributed by atoms with Crippen LogP contribution < -0.4 is 5.32 Å². The highest BCUT2D eigenvalue weighted by atomic mass is 16.2. The predicted octanol–water partition coefficient (Wildman–Crippen LogP) is 2.45. The molecule has 0 spiro atoms. The number of hydrogen-bond donors (Lipinski definition) is 1. The van der Waals surface area contributed by atoms with Crippen LogP contribution in [-0.4, -0.2) is 17.0 Å². The Morgan fingerprint density at radius 2 is 2.20 bits per heavy atom. The summed E-state index contributed by atoms with van der Waals surface area (Å²) >= 11 is 0. The minimum Gasteiger partial charge on any atom is -0.349 e. The molecule has 4 nitrogen and oxygen atoms in total. The summed E-state index contributed by atoms with van der Waals surface area (Å²) in [5, 5.41) is 13.0. The number of fused-ring (bicyclic) bond motifs is 3. The zero-order valence-electron chi connectivity index (χ0n) is 11.7. The molecule has 0 radical (unpaired) electrons. The highest BCUT2D eigenvalue weighted by Gasteiger charge is 2.21. The molecule has 0 aliphatic carbocycles. The molecule has 102 valence electrons. The van der Waals surface area contributed by atoms with Crippen LogP contribution in [0.15, 0.2) is 18.2 Å². The Kier molecular flexibility index (Phi) is 2.98. The summed E-state index contributed by atoms with van der Waals surface area (Å²) in [7, 11) is 0. The van der Waals surface area contributed by atoms with Gasteiger partial charge in [0.15, 0.2) is 0 Å². The fraction of sp³-hybridized carbons (Fsp3) is 0.375. The molecule has 4 heteroatoms. The number of carbonyl (C=O) groups excluding carboxylic acids is 1. The summed E-state index contributed by atoms with van der Waals surface area (Å²) in [6.07, 6.45) is 0.914. The lowest BCUT2D eigenvalue weighted by Gasteiger charge is -2.18. The lowest BCUT2D eigenvalue weighted by atomic mass is 9.98. The number of nitrogens with one attached hydrogen (secondary N) is 1. The quantitative estimate of drug-likeness (QED) is 0.908. The van der Waals surface area contributed by atoms with E-state index in [1.165, 1.54) is 0 Å². The van der Waals surface area contributed by atoms with Crippen LogP contribution in [0.2, 0.25) is 0 Å². The van der Waals surface area contributed by atoms with E-state index in [1.807, 2.05) is 18.2 Å². The van der Waals surface area contributed by atoms with E-state index in [2.05, 4.69) is 29.8 Å². The number of aromatic nitrogens is 1. The third kappa shape index (κ3) is 1.96. The average molecular weight is 267 g/mol. The SMILES string of the molecule is CC(C)Cc1cc(C#N)cc2cc3n(c12)CCNC3=O. The van der Waals surface area contributed by atoms with Gasteiger partial charge in [-0.25, -0.2) is 0 Å². The number of carbonyl (C=O) groups is 1. The Morgan fingerprint density at radius 3 is 2.90 bits per heavy atom. The molecule has 0 bridgehead atoms. The third-order valence-electron chi connectivity index (χ3n) is 3.68. The Balaban J connectivity index is 2.30. The third-order valence-corrected chi connectivity index (χ3v) is 3.68. The maximum atomic E-state index is 11.9. The van der Waals surface area contributed by atoms with Gasteiger partial charge in [-0.2, -0.15) is 5.26 Å². The second-order valence-corrected chi connectivity index (χ2v) is 5.72. The van der Waals surface area contributed by atoms with Gasteiger partial charge in [-0.15, -0.1) is 0 Å². The van der Waals surface area contributed by atoms with Crippen molar-refractivity contribution in [3.63, 3.8) is 0 Å². The molecule has 0 atom stereocenters. The lowest BCUT2D eigenvalue weighted by molar-refractivity contribution is 0.0929. The van der Waals surface area contributed by atoms with Crippen LogP contribution in [0.3, 0.4) is 0 Å².